The van der Waals surface area contributed by atoms with E-state index >= 15 is 0 Å². The summed E-state index contributed by atoms with van der Waals surface area (Å²) in [5.74, 6) is 1.14. The van der Waals surface area contributed by atoms with Crippen LogP contribution in [0.2, 0.25) is 0 Å². The second-order valence-electron chi connectivity index (χ2n) is 6.44. The molecule has 2 aliphatic rings. The van der Waals surface area contributed by atoms with Gasteiger partial charge in [0.1, 0.15) is 0 Å². The minimum absolute atomic E-state index is 0.0780. The summed E-state index contributed by atoms with van der Waals surface area (Å²) in [4.78, 5) is 28.0. The van der Waals surface area contributed by atoms with Gasteiger partial charge in [0.25, 0.3) is 5.91 Å². The van der Waals surface area contributed by atoms with Gasteiger partial charge in [-0.3, -0.25) is 14.6 Å². The van der Waals surface area contributed by atoms with Gasteiger partial charge >= 0.3 is 0 Å². The Morgan fingerprint density at radius 1 is 1.45 bits per heavy atom. The maximum Gasteiger partial charge on any atom is 0.253 e. The van der Waals surface area contributed by atoms with Gasteiger partial charge in [0.05, 0.1) is 5.56 Å². The summed E-state index contributed by atoms with van der Waals surface area (Å²) in [6.45, 7) is 2.16. The number of rotatable bonds is 3. The summed E-state index contributed by atoms with van der Waals surface area (Å²) >= 11 is 0. The summed E-state index contributed by atoms with van der Waals surface area (Å²) in [6.07, 6.45) is 7.84. The maximum atomic E-state index is 12.2. The average molecular weight is 301 g/mol. The Bertz CT molecular complexity index is 546. The van der Waals surface area contributed by atoms with Gasteiger partial charge in [0.15, 0.2) is 0 Å². The van der Waals surface area contributed by atoms with Gasteiger partial charge in [0.2, 0.25) is 5.91 Å². The number of amides is 2. The molecule has 0 bridgehead atoms. The molecule has 1 aliphatic heterocycles. The van der Waals surface area contributed by atoms with Gasteiger partial charge in [-0.15, -0.1) is 0 Å². The van der Waals surface area contributed by atoms with E-state index in [-0.39, 0.29) is 23.9 Å². The number of piperidine rings is 1. The highest BCUT2D eigenvalue weighted by Gasteiger charge is 2.40. The van der Waals surface area contributed by atoms with Crippen LogP contribution in [0, 0.1) is 11.8 Å². The number of pyridine rings is 1. The van der Waals surface area contributed by atoms with E-state index in [1.165, 1.54) is 0 Å². The Balaban J connectivity index is 1.62. The third-order valence-corrected chi connectivity index (χ3v) is 5.09. The highest BCUT2D eigenvalue weighted by molar-refractivity contribution is 5.94. The van der Waals surface area contributed by atoms with Crippen molar-refractivity contribution in [3.63, 3.8) is 0 Å². The van der Waals surface area contributed by atoms with Gasteiger partial charge in [0, 0.05) is 30.9 Å². The third kappa shape index (κ3) is 3.13. The number of carbonyl (C=O) groups is 2. The third-order valence-electron chi connectivity index (χ3n) is 5.09. The molecule has 2 N–H and O–H groups in total. The largest absolute Gasteiger partial charge is 0.353 e. The first kappa shape index (κ1) is 15.0. The van der Waals surface area contributed by atoms with E-state index in [2.05, 4.69) is 22.5 Å². The molecular formula is C17H23N3O2. The number of nitrogens with one attached hydrogen (secondary N) is 2. The second-order valence-corrected chi connectivity index (χ2v) is 6.44. The molecule has 2 heterocycles. The van der Waals surface area contributed by atoms with Crippen molar-refractivity contribution >= 4 is 11.8 Å². The van der Waals surface area contributed by atoms with E-state index < -0.39 is 0 Å². The van der Waals surface area contributed by atoms with Crippen molar-refractivity contribution in [2.24, 2.45) is 11.8 Å². The maximum absolute atomic E-state index is 12.2. The van der Waals surface area contributed by atoms with E-state index in [0.717, 1.165) is 25.7 Å². The molecule has 0 radical (unpaired) electrons. The van der Waals surface area contributed by atoms with Crippen molar-refractivity contribution in [1.29, 1.82) is 0 Å². The van der Waals surface area contributed by atoms with E-state index in [9.17, 15) is 9.59 Å². The molecule has 1 aliphatic carbocycles. The molecule has 0 aromatic carbocycles. The summed E-state index contributed by atoms with van der Waals surface area (Å²) in [7, 11) is 0. The van der Waals surface area contributed by atoms with Crippen LogP contribution >= 0.6 is 0 Å². The van der Waals surface area contributed by atoms with E-state index in [4.69, 9.17) is 0 Å². The normalized spacial score (nSPS) is 31.0. The van der Waals surface area contributed by atoms with Crippen LogP contribution in [0.4, 0.5) is 0 Å². The summed E-state index contributed by atoms with van der Waals surface area (Å²) in [6, 6.07) is 3.87. The first-order valence-corrected chi connectivity index (χ1v) is 8.17. The van der Waals surface area contributed by atoms with Crippen LogP contribution in [-0.2, 0) is 4.79 Å². The number of fused-ring (bicyclic) bond motifs is 1. The second kappa shape index (κ2) is 6.46. The van der Waals surface area contributed by atoms with Crippen molar-refractivity contribution in [3.8, 4) is 0 Å². The number of carbonyl (C=O) groups excluding carboxylic acids is 2. The molecule has 3 rings (SSSR count). The Kier molecular flexibility index (Phi) is 4.41. The summed E-state index contributed by atoms with van der Waals surface area (Å²) in [5.41, 5.74) is 0.587. The van der Waals surface area contributed by atoms with Crippen LogP contribution in [-0.4, -0.2) is 28.9 Å². The predicted octanol–water partition coefficient (Wildman–Crippen LogP) is 1.89. The number of hydrogen-bond donors (Lipinski definition) is 2. The molecule has 1 aromatic heterocycles. The van der Waals surface area contributed by atoms with Gasteiger partial charge < -0.3 is 10.6 Å². The van der Waals surface area contributed by atoms with Crippen LogP contribution in [0.25, 0.3) is 0 Å². The van der Waals surface area contributed by atoms with Crippen LogP contribution in [0.15, 0.2) is 24.5 Å². The van der Waals surface area contributed by atoms with Crippen molar-refractivity contribution in [2.75, 3.05) is 0 Å². The zero-order valence-corrected chi connectivity index (χ0v) is 12.9. The minimum atomic E-state index is -0.0780. The first-order chi connectivity index (χ1) is 10.7. The fraction of sp³-hybridized carbons (Fsp3) is 0.588. The number of nitrogens with zero attached hydrogens (tertiary/aromatic N) is 1. The molecule has 5 heteroatoms. The average Bonchev–Trinajstić information content (AvgIpc) is 2.54. The summed E-state index contributed by atoms with van der Waals surface area (Å²) in [5, 5.41) is 6.21. The highest BCUT2D eigenvalue weighted by atomic mass is 16.2. The molecule has 4 atom stereocenters. The standard InChI is InChI=1S/C17H23N3O2/c1-2-11-8-16(21)20-15-9-13(5-6-14(11)15)19-17(22)12-4-3-7-18-10-12/h3-4,7,10-11,13-15H,2,5-6,8-9H2,1H3,(H,19,22)(H,20,21). The highest BCUT2D eigenvalue weighted by Crippen LogP contribution is 2.36. The summed E-state index contributed by atoms with van der Waals surface area (Å²) < 4.78 is 0. The molecule has 2 amide bonds. The Morgan fingerprint density at radius 3 is 3.05 bits per heavy atom. The van der Waals surface area contributed by atoms with Crippen molar-refractivity contribution in [2.45, 2.75) is 51.1 Å². The zero-order valence-electron chi connectivity index (χ0n) is 12.9. The smallest absolute Gasteiger partial charge is 0.253 e. The molecular weight excluding hydrogens is 278 g/mol. The fourth-order valence-electron chi connectivity index (χ4n) is 3.92. The van der Waals surface area contributed by atoms with Gasteiger partial charge in [-0.1, -0.05) is 13.3 Å². The predicted molar refractivity (Wildman–Crippen MR) is 83.2 cm³/mol. The molecule has 1 aromatic rings. The lowest BCUT2D eigenvalue weighted by Crippen LogP contribution is -2.55. The van der Waals surface area contributed by atoms with Crippen LogP contribution in [0.3, 0.4) is 0 Å². The topological polar surface area (TPSA) is 71.1 Å². The van der Waals surface area contributed by atoms with Crippen molar-refractivity contribution < 1.29 is 9.59 Å². The molecule has 118 valence electrons. The Hall–Kier alpha value is -1.91. The zero-order chi connectivity index (χ0) is 15.5. The lowest BCUT2D eigenvalue weighted by atomic mass is 9.70. The van der Waals surface area contributed by atoms with Crippen molar-refractivity contribution in [1.82, 2.24) is 15.6 Å². The SMILES string of the molecule is CCC1CC(=O)NC2CC(NC(=O)c3cccnc3)CCC12. The molecule has 5 nitrogen and oxygen atoms in total. The van der Waals surface area contributed by atoms with Gasteiger partial charge in [-0.25, -0.2) is 0 Å². The number of aromatic nitrogens is 1. The van der Waals surface area contributed by atoms with E-state index in [1.54, 1.807) is 24.5 Å². The fourth-order valence-corrected chi connectivity index (χ4v) is 3.92. The van der Waals surface area contributed by atoms with Crippen LogP contribution in [0.5, 0.6) is 0 Å². The first-order valence-electron chi connectivity index (χ1n) is 8.17. The number of hydrogen-bond acceptors (Lipinski definition) is 3. The van der Waals surface area contributed by atoms with Crippen LogP contribution in [0.1, 0.15) is 49.4 Å². The van der Waals surface area contributed by atoms with Crippen LogP contribution < -0.4 is 10.6 Å². The lowest BCUT2D eigenvalue weighted by molar-refractivity contribution is -0.127. The van der Waals surface area contributed by atoms with Crippen molar-refractivity contribution in [3.05, 3.63) is 30.1 Å². The molecule has 22 heavy (non-hydrogen) atoms. The molecule has 2 fully saturated rings. The monoisotopic (exact) mass is 301 g/mol. The molecule has 0 spiro atoms. The molecule has 1 saturated heterocycles. The van der Waals surface area contributed by atoms with E-state index in [0.29, 0.717) is 23.8 Å². The molecule has 1 saturated carbocycles. The van der Waals surface area contributed by atoms with Gasteiger partial charge in [-0.05, 0) is 43.2 Å². The quantitative estimate of drug-likeness (QED) is 0.895. The minimum Gasteiger partial charge on any atom is -0.353 e. The Labute approximate surface area is 130 Å². The van der Waals surface area contributed by atoms with E-state index in [1.807, 2.05) is 0 Å². The van der Waals surface area contributed by atoms with Gasteiger partial charge in [-0.2, -0.15) is 0 Å². The lowest BCUT2D eigenvalue weighted by Gasteiger charge is -2.44. The Morgan fingerprint density at radius 2 is 2.32 bits per heavy atom. The molecule has 4 unspecified atom stereocenters.